The van der Waals surface area contributed by atoms with Gasteiger partial charge in [0.2, 0.25) is 0 Å². The molecule has 2 aliphatic heterocycles. The number of allylic oxidation sites excluding steroid dienone is 4. The number of rotatable bonds is 5. The van der Waals surface area contributed by atoms with E-state index in [9.17, 15) is 9.90 Å². The Labute approximate surface area is 234 Å². The van der Waals surface area contributed by atoms with Gasteiger partial charge in [-0.15, -0.1) is 0 Å². The Morgan fingerprint density at radius 3 is 2.00 bits per heavy atom. The van der Waals surface area contributed by atoms with Crippen molar-refractivity contribution in [3.63, 3.8) is 0 Å². The Balaban J connectivity index is 1.95. The fourth-order valence-corrected chi connectivity index (χ4v) is 5.71. The Kier molecular flexibility index (Phi) is 7.48. The number of carboxylic acids is 1. The largest absolute Gasteiger partial charge is 0.478 e. The number of aromatic nitrogens is 5. The highest BCUT2D eigenvalue weighted by Gasteiger charge is 2.21. The summed E-state index contributed by atoms with van der Waals surface area (Å²) in [6, 6.07) is 9.09. The van der Waals surface area contributed by atoms with Gasteiger partial charge in [-0.05, 0) is 103 Å². The van der Waals surface area contributed by atoms with E-state index in [1.807, 2.05) is 0 Å². The Morgan fingerprint density at radius 2 is 1.35 bits per heavy atom. The molecule has 4 heterocycles. The first-order valence-corrected chi connectivity index (χ1v) is 14.0. The van der Waals surface area contributed by atoms with Gasteiger partial charge < -0.3 is 10.1 Å². The molecule has 7 heteroatoms. The van der Waals surface area contributed by atoms with E-state index in [2.05, 4.69) is 58.7 Å². The maximum Gasteiger partial charge on any atom is 0.335 e. The normalized spacial score (nSPS) is 13.2. The molecule has 2 aliphatic rings. The van der Waals surface area contributed by atoms with Crippen molar-refractivity contribution in [2.75, 3.05) is 0 Å². The molecule has 0 spiro atoms. The van der Waals surface area contributed by atoms with Crippen LogP contribution in [0.2, 0.25) is 0 Å². The number of aryl methyl sites for hydroxylation is 2. The van der Waals surface area contributed by atoms with Crippen molar-refractivity contribution < 1.29 is 9.90 Å². The third kappa shape index (κ3) is 4.76. The lowest BCUT2D eigenvalue weighted by molar-refractivity contribution is 0.0697. The fraction of sp³-hybridized carbons (Fsp3) is 0.303. The molecule has 6 bridgehead atoms. The summed E-state index contributed by atoms with van der Waals surface area (Å²) in [7, 11) is 0. The van der Waals surface area contributed by atoms with Gasteiger partial charge in [-0.3, -0.25) is 9.97 Å². The van der Waals surface area contributed by atoms with Crippen LogP contribution in [0.5, 0.6) is 0 Å². The Hall–Kier alpha value is -4.39. The van der Waals surface area contributed by atoms with Crippen LogP contribution in [0.15, 0.2) is 42.7 Å². The number of carbonyl (C=O) groups is 1. The van der Waals surface area contributed by atoms with Gasteiger partial charge in [0.15, 0.2) is 0 Å². The number of fused-ring (bicyclic) bond motifs is 7. The SMILES string of the molecule is CCC1=C(C)c2cnc3cc(C(=O)O)ccc3ncc3[nH]c(cc4nc(cc1n2)C(CC)=C4CC)c(CC)c3C. The van der Waals surface area contributed by atoms with Crippen molar-refractivity contribution >= 4 is 50.3 Å². The lowest BCUT2D eigenvalue weighted by Crippen LogP contribution is -1.95. The molecule has 40 heavy (non-hydrogen) atoms. The maximum absolute atomic E-state index is 11.7. The fourth-order valence-electron chi connectivity index (χ4n) is 5.71. The molecule has 0 amide bonds. The molecular weight excluding hydrogens is 498 g/mol. The van der Waals surface area contributed by atoms with Crippen LogP contribution >= 0.6 is 0 Å². The predicted molar refractivity (Wildman–Crippen MR) is 162 cm³/mol. The van der Waals surface area contributed by atoms with Crippen LogP contribution in [0, 0.1) is 6.92 Å². The van der Waals surface area contributed by atoms with Gasteiger partial charge >= 0.3 is 5.97 Å². The second kappa shape index (κ2) is 11.0. The van der Waals surface area contributed by atoms with E-state index in [0.717, 1.165) is 76.2 Å². The van der Waals surface area contributed by atoms with Gasteiger partial charge in [-0.25, -0.2) is 14.8 Å². The lowest BCUT2D eigenvalue weighted by Gasteiger charge is -2.03. The molecule has 7 nitrogen and oxygen atoms in total. The third-order valence-corrected chi connectivity index (χ3v) is 7.91. The summed E-state index contributed by atoms with van der Waals surface area (Å²) in [5.41, 5.74) is 13.9. The smallest absolute Gasteiger partial charge is 0.335 e. The minimum absolute atomic E-state index is 0.158. The van der Waals surface area contributed by atoms with E-state index in [4.69, 9.17) is 19.9 Å². The monoisotopic (exact) mass is 533 g/mol. The van der Waals surface area contributed by atoms with E-state index in [-0.39, 0.29) is 5.56 Å². The molecule has 0 atom stereocenters. The molecule has 0 saturated carbocycles. The summed E-state index contributed by atoms with van der Waals surface area (Å²) in [4.78, 5) is 34.8. The number of aromatic carboxylic acids is 1. The molecule has 0 saturated heterocycles. The van der Waals surface area contributed by atoms with Crippen molar-refractivity contribution in [1.82, 2.24) is 24.9 Å². The first-order valence-electron chi connectivity index (χ1n) is 14.0. The second-order valence-corrected chi connectivity index (χ2v) is 10.1. The van der Waals surface area contributed by atoms with E-state index < -0.39 is 5.97 Å². The number of nitrogens with one attached hydrogen (secondary N) is 1. The molecule has 3 aromatic rings. The molecule has 0 aliphatic carbocycles. The number of aromatic amines is 1. The second-order valence-electron chi connectivity index (χ2n) is 10.1. The number of hydrogen-bond donors (Lipinski definition) is 2. The van der Waals surface area contributed by atoms with E-state index in [1.54, 1.807) is 30.6 Å². The minimum Gasteiger partial charge on any atom is -0.478 e. The van der Waals surface area contributed by atoms with Crippen molar-refractivity contribution in [1.29, 1.82) is 0 Å². The number of carboxylic acid groups (broad SMARTS) is 1. The number of hydrogen-bond acceptors (Lipinski definition) is 5. The van der Waals surface area contributed by atoms with Crippen molar-refractivity contribution in [2.24, 2.45) is 0 Å². The summed E-state index contributed by atoms with van der Waals surface area (Å²) < 4.78 is 0. The zero-order valence-electron chi connectivity index (χ0n) is 24.0. The van der Waals surface area contributed by atoms with Gasteiger partial charge in [0.1, 0.15) is 0 Å². The third-order valence-electron chi connectivity index (χ3n) is 7.91. The van der Waals surface area contributed by atoms with Crippen LogP contribution in [0.4, 0.5) is 0 Å². The summed E-state index contributed by atoms with van der Waals surface area (Å²) in [5, 5.41) is 9.60. The first kappa shape index (κ1) is 27.2. The van der Waals surface area contributed by atoms with Crippen LogP contribution in [-0.4, -0.2) is 36.0 Å². The average Bonchev–Trinajstić information content (AvgIpc) is 3.54. The van der Waals surface area contributed by atoms with Crippen LogP contribution in [0.3, 0.4) is 0 Å². The molecule has 0 fully saturated rings. The summed E-state index contributed by atoms with van der Waals surface area (Å²) in [6.07, 6.45) is 6.99. The van der Waals surface area contributed by atoms with Gasteiger partial charge in [0.05, 0.1) is 57.3 Å². The lowest BCUT2D eigenvalue weighted by atomic mass is 9.99. The van der Waals surface area contributed by atoms with Gasteiger partial charge in [0.25, 0.3) is 0 Å². The molecule has 0 unspecified atom stereocenters. The molecular formula is C33H35N5O2. The molecule has 2 aromatic heterocycles. The van der Waals surface area contributed by atoms with Crippen LogP contribution in [0.25, 0.3) is 44.4 Å². The van der Waals surface area contributed by atoms with Crippen molar-refractivity contribution in [3.8, 4) is 0 Å². The predicted octanol–water partition coefficient (Wildman–Crippen LogP) is 7.98. The molecule has 0 radical (unpaired) electrons. The number of nitrogens with zero attached hydrogens (tertiary/aromatic N) is 4. The highest BCUT2D eigenvalue weighted by atomic mass is 16.4. The van der Waals surface area contributed by atoms with Crippen molar-refractivity contribution in [2.45, 2.75) is 67.2 Å². The average molecular weight is 534 g/mol. The zero-order valence-corrected chi connectivity index (χ0v) is 24.0. The van der Waals surface area contributed by atoms with Crippen LogP contribution in [-0.2, 0) is 6.42 Å². The van der Waals surface area contributed by atoms with Crippen LogP contribution in [0.1, 0.15) is 98.1 Å². The number of benzene rings is 1. The zero-order chi connectivity index (χ0) is 28.6. The molecule has 204 valence electrons. The number of H-pyrrole nitrogens is 1. The molecule has 1 aromatic carbocycles. The van der Waals surface area contributed by atoms with E-state index in [0.29, 0.717) is 11.0 Å². The molecule has 5 rings (SSSR count). The quantitative estimate of drug-likeness (QED) is 0.344. The summed E-state index contributed by atoms with van der Waals surface area (Å²) in [5.74, 6) is -1.01. The van der Waals surface area contributed by atoms with Crippen LogP contribution < -0.4 is 0 Å². The minimum atomic E-state index is -1.01. The maximum atomic E-state index is 11.7. The Morgan fingerprint density at radius 1 is 0.725 bits per heavy atom. The van der Waals surface area contributed by atoms with Gasteiger partial charge in [0, 0.05) is 5.52 Å². The van der Waals surface area contributed by atoms with E-state index in [1.165, 1.54) is 16.7 Å². The molecule has 2 N–H and O–H groups in total. The van der Waals surface area contributed by atoms with Gasteiger partial charge in [-0.2, -0.15) is 0 Å². The summed E-state index contributed by atoms with van der Waals surface area (Å²) in [6.45, 7) is 12.8. The highest BCUT2D eigenvalue weighted by molar-refractivity contribution is 5.95. The highest BCUT2D eigenvalue weighted by Crippen LogP contribution is 2.37. The summed E-state index contributed by atoms with van der Waals surface area (Å²) >= 11 is 0. The van der Waals surface area contributed by atoms with Gasteiger partial charge in [-0.1, -0.05) is 27.7 Å². The Bertz CT molecular complexity index is 1790. The van der Waals surface area contributed by atoms with E-state index >= 15 is 0 Å². The standard InChI is InChI=1S/C33H35N5O2/c1-7-21-18(5)31-16-34-25-12-11-20(33(39)40)13-30(25)35-17-32-19(6)22(8-2)27(38-32)15-29-24(10-4)23(9-3)28(36-29)14-26(21)37-31/h11-17,37H,7-10H2,1-6H3,(H,39,40). The first-order chi connectivity index (χ1) is 19.3. The topological polar surface area (TPSA) is 105 Å². The van der Waals surface area contributed by atoms with Crippen molar-refractivity contribution in [3.05, 3.63) is 82.2 Å².